The number of nitrogens with zero attached hydrogens (tertiary/aromatic N) is 2. The minimum atomic E-state index is 0.422. The lowest BCUT2D eigenvalue weighted by atomic mass is 9.93. The van der Waals surface area contributed by atoms with Crippen LogP contribution in [0.15, 0.2) is 54.0 Å². The zero-order valence-electron chi connectivity index (χ0n) is 11.2. The number of allylic oxidation sites excluding steroid dienone is 4. The second-order valence-electron chi connectivity index (χ2n) is 4.55. The molecule has 0 radical (unpaired) electrons. The van der Waals surface area contributed by atoms with Crippen molar-refractivity contribution in [3.05, 3.63) is 49.0 Å². The molecule has 0 spiro atoms. The number of likely N-dealkylation sites (tertiary alicyclic amines) is 1. The second kappa shape index (κ2) is 5.67. The zero-order chi connectivity index (χ0) is 13.0. The van der Waals surface area contributed by atoms with E-state index in [4.69, 9.17) is 0 Å². The monoisotopic (exact) mass is 230 g/mol. The van der Waals surface area contributed by atoms with Crippen LogP contribution in [0.4, 0.5) is 0 Å². The lowest BCUT2D eigenvalue weighted by molar-refractivity contribution is 0.490. The molecule has 1 fully saturated rings. The molecule has 0 aromatic heterocycles. The molecule has 1 saturated heterocycles. The molecule has 1 aliphatic rings. The van der Waals surface area contributed by atoms with Gasteiger partial charge >= 0.3 is 0 Å². The Labute approximate surface area is 105 Å². The Morgan fingerprint density at radius 3 is 2.47 bits per heavy atom. The van der Waals surface area contributed by atoms with Gasteiger partial charge < -0.3 is 4.90 Å². The molecule has 0 bridgehead atoms. The number of hydrogen-bond donors (Lipinski definition) is 0. The van der Waals surface area contributed by atoms with Gasteiger partial charge in [-0.3, -0.25) is 4.99 Å². The minimum absolute atomic E-state index is 0.422. The molecular formula is C15H22N2. The molecule has 0 saturated carbocycles. The van der Waals surface area contributed by atoms with Gasteiger partial charge in [0, 0.05) is 18.9 Å². The minimum Gasteiger partial charge on any atom is -0.347 e. The van der Waals surface area contributed by atoms with Crippen molar-refractivity contribution >= 4 is 5.71 Å². The Hall–Kier alpha value is -1.57. The maximum atomic E-state index is 4.39. The van der Waals surface area contributed by atoms with E-state index in [0.29, 0.717) is 5.92 Å². The van der Waals surface area contributed by atoms with E-state index in [2.05, 4.69) is 43.5 Å². The Morgan fingerprint density at radius 2 is 2.00 bits per heavy atom. The first-order valence-corrected chi connectivity index (χ1v) is 5.99. The highest BCUT2D eigenvalue weighted by Crippen LogP contribution is 2.29. The fourth-order valence-electron chi connectivity index (χ4n) is 2.10. The maximum Gasteiger partial charge on any atom is 0.0659 e. The Kier molecular flexibility index (Phi) is 4.50. The van der Waals surface area contributed by atoms with Crippen LogP contribution in [0, 0.1) is 5.92 Å². The third-order valence-electron chi connectivity index (χ3n) is 3.10. The van der Waals surface area contributed by atoms with Crippen molar-refractivity contribution in [3.63, 3.8) is 0 Å². The van der Waals surface area contributed by atoms with Crippen LogP contribution in [0.5, 0.6) is 0 Å². The van der Waals surface area contributed by atoms with Gasteiger partial charge in [-0.1, -0.05) is 39.7 Å². The van der Waals surface area contributed by atoms with E-state index < -0.39 is 0 Å². The molecule has 2 nitrogen and oxygen atoms in total. The van der Waals surface area contributed by atoms with Gasteiger partial charge in [0.05, 0.1) is 11.4 Å². The summed E-state index contributed by atoms with van der Waals surface area (Å²) in [6.45, 7) is 16.0. The molecule has 1 aliphatic heterocycles. The van der Waals surface area contributed by atoms with Gasteiger partial charge in [0.15, 0.2) is 0 Å². The van der Waals surface area contributed by atoms with Crippen LogP contribution in [0.25, 0.3) is 0 Å². The summed E-state index contributed by atoms with van der Waals surface area (Å²) in [5, 5.41) is 0. The Morgan fingerprint density at radius 1 is 1.35 bits per heavy atom. The topological polar surface area (TPSA) is 15.6 Å². The van der Waals surface area contributed by atoms with E-state index in [9.17, 15) is 0 Å². The summed E-state index contributed by atoms with van der Waals surface area (Å²) < 4.78 is 0. The van der Waals surface area contributed by atoms with Gasteiger partial charge in [0.1, 0.15) is 0 Å². The van der Waals surface area contributed by atoms with E-state index in [1.54, 1.807) is 6.20 Å². The van der Waals surface area contributed by atoms with Crippen LogP contribution in [0.3, 0.4) is 0 Å². The number of hydrogen-bond acceptors (Lipinski definition) is 2. The molecule has 1 heterocycles. The molecular weight excluding hydrogens is 208 g/mol. The van der Waals surface area contributed by atoms with Crippen molar-refractivity contribution in [3.8, 4) is 0 Å². The smallest absolute Gasteiger partial charge is 0.0659 e. The molecule has 0 N–H and O–H groups in total. The third-order valence-corrected chi connectivity index (χ3v) is 3.10. The SMILES string of the molecule is C=CN=C1CCC(=C)N(C)/C1=C(/C=C)C(C)C. The highest BCUT2D eigenvalue weighted by atomic mass is 15.1. The van der Waals surface area contributed by atoms with Crippen molar-refractivity contribution in [2.45, 2.75) is 26.7 Å². The first-order valence-electron chi connectivity index (χ1n) is 5.99. The molecule has 17 heavy (non-hydrogen) atoms. The molecule has 0 atom stereocenters. The Balaban J connectivity index is 3.36. The standard InChI is InChI=1S/C15H22N2/c1-7-13(11(3)4)15-14(16-8-2)10-9-12(5)17(15)6/h7-8,11H,1-2,5,9-10H2,3-4,6H3/b15-13-,16-14?. The van der Waals surface area contributed by atoms with Gasteiger partial charge in [-0.05, 0) is 24.3 Å². The molecule has 0 aliphatic carbocycles. The van der Waals surface area contributed by atoms with Crippen molar-refractivity contribution in [1.82, 2.24) is 4.90 Å². The second-order valence-corrected chi connectivity index (χ2v) is 4.55. The van der Waals surface area contributed by atoms with Crippen LogP contribution in [-0.2, 0) is 0 Å². The average Bonchev–Trinajstić information content (AvgIpc) is 2.28. The van der Waals surface area contributed by atoms with Gasteiger partial charge in [0.25, 0.3) is 0 Å². The van der Waals surface area contributed by atoms with Crippen molar-refractivity contribution in [2.75, 3.05) is 7.05 Å². The molecule has 2 heteroatoms. The number of rotatable bonds is 3. The zero-order valence-corrected chi connectivity index (χ0v) is 11.2. The summed E-state index contributed by atoms with van der Waals surface area (Å²) in [6.07, 6.45) is 5.41. The maximum absolute atomic E-state index is 4.39. The highest BCUT2D eigenvalue weighted by molar-refractivity contribution is 6.02. The van der Waals surface area contributed by atoms with E-state index in [0.717, 1.165) is 29.9 Å². The normalized spacial score (nSPS) is 22.0. The number of piperidine rings is 1. The van der Waals surface area contributed by atoms with Crippen LogP contribution in [0.1, 0.15) is 26.7 Å². The van der Waals surface area contributed by atoms with Gasteiger partial charge in [-0.15, -0.1) is 0 Å². The van der Waals surface area contributed by atoms with Gasteiger partial charge in [-0.2, -0.15) is 0 Å². The molecule has 0 aromatic carbocycles. The van der Waals surface area contributed by atoms with Crippen LogP contribution >= 0.6 is 0 Å². The summed E-state index contributed by atoms with van der Waals surface area (Å²) in [5.74, 6) is 0.422. The lowest BCUT2D eigenvalue weighted by Gasteiger charge is -2.33. The molecule has 0 aromatic rings. The van der Waals surface area contributed by atoms with Gasteiger partial charge in [0.2, 0.25) is 0 Å². The number of aliphatic imine (C=N–C) groups is 1. The van der Waals surface area contributed by atoms with Crippen LogP contribution in [-0.4, -0.2) is 17.7 Å². The summed E-state index contributed by atoms with van der Waals surface area (Å²) in [4.78, 5) is 6.52. The van der Waals surface area contributed by atoms with E-state index in [-0.39, 0.29) is 0 Å². The predicted octanol–water partition coefficient (Wildman–Crippen LogP) is 3.91. The predicted molar refractivity (Wildman–Crippen MR) is 75.8 cm³/mol. The summed E-state index contributed by atoms with van der Waals surface area (Å²) >= 11 is 0. The molecule has 92 valence electrons. The Bertz CT molecular complexity index is 397. The summed E-state index contributed by atoms with van der Waals surface area (Å²) in [6, 6.07) is 0. The first kappa shape index (κ1) is 13.5. The van der Waals surface area contributed by atoms with Crippen molar-refractivity contribution in [2.24, 2.45) is 10.9 Å². The fraction of sp³-hybridized carbons (Fsp3) is 0.400. The largest absolute Gasteiger partial charge is 0.347 e. The molecule has 0 amide bonds. The summed E-state index contributed by atoms with van der Waals surface area (Å²) in [5.41, 5.74) is 4.57. The fourth-order valence-corrected chi connectivity index (χ4v) is 2.10. The van der Waals surface area contributed by atoms with Gasteiger partial charge in [-0.25, -0.2) is 0 Å². The van der Waals surface area contributed by atoms with Crippen LogP contribution < -0.4 is 0 Å². The van der Waals surface area contributed by atoms with Crippen molar-refractivity contribution in [1.29, 1.82) is 0 Å². The summed E-state index contributed by atoms with van der Waals surface area (Å²) in [7, 11) is 2.04. The van der Waals surface area contributed by atoms with Crippen molar-refractivity contribution < 1.29 is 0 Å². The quantitative estimate of drug-likeness (QED) is 0.717. The van der Waals surface area contributed by atoms with E-state index >= 15 is 0 Å². The van der Waals surface area contributed by atoms with E-state index in [1.807, 2.05) is 13.1 Å². The van der Waals surface area contributed by atoms with Crippen LogP contribution in [0.2, 0.25) is 0 Å². The molecule has 1 rings (SSSR count). The first-order chi connectivity index (χ1) is 8.02. The molecule has 0 unspecified atom stereocenters. The van der Waals surface area contributed by atoms with E-state index in [1.165, 1.54) is 5.57 Å². The lowest BCUT2D eigenvalue weighted by Crippen LogP contribution is -2.30. The highest BCUT2D eigenvalue weighted by Gasteiger charge is 2.24. The third kappa shape index (κ3) is 2.76. The average molecular weight is 230 g/mol.